The van der Waals surface area contributed by atoms with E-state index in [2.05, 4.69) is 22.4 Å². The molecule has 1 fully saturated rings. The van der Waals surface area contributed by atoms with E-state index in [-0.39, 0.29) is 5.91 Å². The van der Waals surface area contributed by atoms with E-state index in [4.69, 9.17) is 23.2 Å². The quantitative estimate of drug-likeness (QED) is 0.730. The van der Waals surface area contributed by atoms with E-state index in [1.807, 2.05) is 17.7 Å². The van der Waals surface area contributed by atoms with Gasteiger partial charge in [0.2, 0.25) is 5.91 Å². The Labute approximate surface area is 167 Å². The van der Waals surface area contributed by atoms with E-state index >= 15 is 0 Å². The first-order chi connectivity index (χ1) is 12.5. The van der Waals surface area contributed by atoms with Crippen LogP contribution in [0, 0.1) is 5.92 Å². The first kappa shape index (κ1) is 19.5. The molecule has 26 heavy (non-hydrogen) atoms. The normalized spacial score (nSPS) is 20.2. The number of nitrogens with one attached hydrogen (secondary N) is 1. The molecule has 2 aromatic rings. The molecule has 2 atom stereocenters. The van der Waals surface area contributed by atoms with Crippen LogP contribution < -0.4 is 5.32 Å². The molecule has 1 aliphatic rings. The monoisotopic (exact) mass is 412 g/mol. The smallest absolute Gasteiger partial charge is 0.230 e. The first-order valence-electron chi connectivity index (χ1n) is 8.72. The summed E-state index contributed by atoms with van der Waals surface area (Å²) in [6.07, 6.45) is 4.71. The van der Waals surface area contributed by atoms with Gasteiger partial charge < -0.3 is 9.88 Å². The highest BCUT2D eigenvalue weighted by molar-refractivity contribution is 7.99. The number of rotatable bonds is 5. The largest absolute Gasteiger partial charge is 0.352 e. The van der Waals surface area contributed by atoms with Crippen molar-refractivity contribution in [2.24, 2.45) is 13.0 Å². The third kappa shape index (κ3) is 4.53. The van der Waals surface area contributed by atoms with Crippen molar-refractivity contribution < 1.29 is 4.79 Å². The van der Waals surface area contributed by atoms with E-state index < -0.39 is 0 Å². The van der Waals surface area contributed by atoms with Crippen molar-refractivity contribution in [1.82, 2.24) is 20.1 Å². The summed E-state index contributed by atoms with van der Waals surface area (Å²) >= 11 is 13.6. The Morgan fingerprint density at radius 2 is 2.08 bits per heavy atom. The van der Waals surface area contributed by atoms with E-state index in [1.54, 1.807) is 12.1 Å². The van der Waals surface area contributed by atoms with E-state index in [0.29, 0.717) is 38.7 Å². The van der Waals surface area contributed by atoms with Crippen molar-refractivity contribution in [2.45, 2.75) is 43.8 Å². The summed E-state index contributed by atoms with van der Waals surface area (Å²) in [5, 5.41) is 13.3. The number of nitrogens with zero attached hydrogens (tertiary/aromatic N) is 3. The van der Waals surface area contributed by atoms with Crippen molar-refractivity contribution in [2.75, 3.05) is 5.75 Å². The fourth-order valence-electron chi connectivity index (χ4n) is 3.26. The second-order valence-electron chi connectivity index (χ2n) is 6.71. The van der Waals surface area contributed by atoms with Gasteiger partial charge in [-0.1, -0.05) is 54.7 Å². The Balaban J connectivity index is 1.62. The van der Waals surface area contributed by atoms with Crippen LogP contribution in [0.3, 0.4) is 0 Å². The van der Waals surface area contributed by atoms with Gasteiger partial charge >= 0.3 is 0 Å². The summed E-state index contributed by atoms with van der Waals surface area (Å²) < 4.78 is 1.84. The van der Waals surface area contributed by atoms with Gasteiger partial charge in [0.05, 0.1) is 10.8 Å². The molecule has 1 aliphatic carbocycles. The average molecular weight is 413 g/mol. The molecule has 1 heterocycles. The van der Waals surface area contributed by atoms with Gasteiger partial charge in [-0.15, -0.1) is 10.2 Å². The third-order valence-electron chi connectivity index (χ3n) is 4.80. The zero-order valence-electron chi connectivity index (χ0n) is 14.8. The second-order valence-corrected chi connectivity index (χ2v) is 8.50. The molecule has 1 aromatic carbocycles. The lowest BCUT2D eigenvalue weighted by molar-refractivity contribution is -0.119. The molecular formula is C18H22Cl2N4OS. The lowest BCUT2D eigenvalue weighted by Crippen LogP contribution is -2.41. The fourth-order valence-corrected chi connectivity index (χ4v) is 4.47. The highest BCUT2D eigenvalue weighted by Crippen LogP contribution is 2.30. The Bertz CT molecular complexity index is 795. The summed E-state index contributed by atoms with van der Waals surface area (Å²) in [5.74, 6) is 1.56. The number of hydrogen-bond donors (Lipinski definition) is 1. The number of amides is 1. The van der Waals surface area contributed by atoms with Crippen LogP contribution in [0.1, 0.15) is 32.6 Å². The third-order valence-corrected chi connectivity index (χ3v) is 6.37. The molecular weight excluding hydrogens is 391 g/mol. The molecule has 0 spiro atoms. The second kappa shape index (κ2) is 8.63. The van der Waals surface area contributed by atoms with Crippen molar-refractivity contribution in [3.8, 4) is 11.4 Å². The summed E-state index contributed by atoms with van der Waals surface area (Å²) in [6, 6.07) is 5.56. The van der Waals surface area contributed by atoms with Crippen LogP contribution in [0.25, 0.3) is 11.4 Å². The molecule has 1 saturated carbocycles. The molecule has 1 amide bonds. The van der Waals surface area contributed by atoms with Crippen molar-refractivity contribution in [3.63, 3.8) is 0 Å². The summed E-state index contributed by atoms with van der Waals surface area (Å²) in [5.41, 5.74) is 0.762. The Morgan fingerprint density at radius 3 is 2.81 bits per heavy atom. The average Bonchev–Trinajstić information content (AvgIpc) is 2.96. The minimum Gasteiger partial charge on any atom is -0.352 e. The van der Waals surface area contributed by atoms with Crippen molar-refractivity contribution >= 4 is 40.9 Å². The predicted molar refractivity (Wildman–Crippen MR) is 107 cm³/mol. The van der Waals surface area contributed by atoms with Gasteiger partial charge in [-0.25, -0.2) is 0 Å². The molecule has 0 bridgehead atoms. The first-order valence-corrected chi connectivity index (χ1v) is 10.5. The van der Waals surface area contributed by atoms with Gasteiger partial charge in [-0.3, -0.25) is 4.79 Å². The maximum Gasteiger partial charge on any atom is 0.230 e. The SMILES string of the molecule is C[C@@H]1CCCC[C@@H]1NC(=O)CSc1nnc(-c2ccc(Cl)cc2Cl)n1C. The molecule has 0 saturated heterocycles. The van der Waals surface area contributed by atoms with Crippen LogP contribution in [-0.2, 0) is 11.8 Å². The zero-order valence-corrected chi connectivity index (χ0v) is 17.2. The van der Waals surface area contributed by atoms with E-state index in [1.165, 1.54) is 31.0 Å². The van der Waals surface area contributed by atoms with Crippen molar-refractivity contribution in [1.29, 1.82) is 0 Å². The molecule has 1 N–H and O–H groups in total. The molecule has 1 aromatic heterocycles. The number of aromatic nitrogens is 3. The minimum absolute atomic E-state index is 0.0443. The molecule has 140 valence electrons. The van der Waals surface area contributed by atoms with Crippen molar-refractivity contribution in [3.05, 3.63) is 28.2 Å². The number of carbonyl (C=O) groups is 1. The molecule has 3 rings (SSSR count). The van der Waals surface area contributed by atoms with Crippen LogP contribution in [0.4, 0.5) is 0 Å². The maximum absolute atomic E-state index is 12.3. The van der Waals surface area contributed by atoms with E-state index in [9.17, 15) is 4.79 Å². The topological polar surface area (TPSA) is 59.8 Å². The van der Waals surface area contributed by atoms with Gasteiger partial charge in [-0.05, 0) is 37.0 Å². The summed E-state index contributed by atoms with van der Waals surface area (Å²) in [6.45, 7) is 2.21. The highest BCUT2D eigenvalue weighted by atomic mass is 35.5. The standard InChI is InChI=1S/C18H22Cl2N4OS/c1-11-5-3-4-6-15(11)21-16(25)10-26-18-23-22-17(24(18)2)13-8-7-12(19)9-14(13)20/h7-9,11,15H,3-6,10H2,1-2H3,(H,21,25)/t11-,15+/m1/s1. The molecule has 0 radical (unpaired) electrons. The maximum atomic E-state index is 12.3. The lowest BCUT2D eigenvalue weighted by Gasteiger charge is -2.29. The number of benzene rings is 1. The number of thioether (sulfide) groups is 1. The van der Waals surface area contributed by atoms with Crippen LogP contribution in [-0.4, -0.2) is 32.5 Å². The molecule has 5 nitrogen and oxygen atoms in total. The number of hydrogen-bond acceptors (Lipinski definition) is 4. The highest BCUT2D eigenvalue weighted by Gasteiger charge is 2.23. The summed E-state index contributed by atoms with van der Waals surface area (Å²) in [7, 11) is 1.86. The minimum atomic E-state index is 0.0443. The van der Waals surface area contributed by atoms with Crippen LogP contribution in [0.5, 0.6) is 0 Å². The fraction of sp³-hybridized carbons (Fsp3) is 0.500. The van der Waals surface area contributed by atoms with Gasteiger partial charge in [0.15, 0.2) is 11.0 Å². The van der Waals surface area contributed by atoms with Gasteiger partial charge in [0.25, 0.3) is 0 Å². The van der Waals surface area contributed by atoms with Crippen LogP contribution in [0.2, 0.25) is 10.0 Å². The van der Waals surface area contributed by atoms with Crippen LogP contribution in [0.15, 0.2) is 23.4 Å². The number of halogens is 2. The van der Waals surface area contributed by atoms with Gasteiger partial charge in [0, 0.05) is 23.7 Å². The Hall–Kier alpha value is -1.24. The van der Waals surface area contributed by atoms with Crippen LogP contribution >= 0.6 is 35.0 Å². The Morgan fingerprint density at radius 1 is 1.31 bits per heavy atom. The molecule has 8 heteroatoms. The van der Waals surface area contributed by atoms with E-state index in [0.717, 1.165) is 12.0 Å². The zero-order chi connectivity index (χ0) is 18.7. The summed E-state index contributed by atoms with van der Waals surface area (Å²) in [4.78, 5) is 12.3. The Kier molecular flexibility index (Phi) is 6.48. The number of carbonyl (C=O) groups excluding carboxylic acids is 1. The predicted octanol–water partition coefficient (Wildman–Crippen LogP) is 4.58. The molecule has 0 unspecified atom stereocenters. The van der Waals surface area contributed by atoms with Gasteiger partial charge in [0.1, 0.15) is 0 Å². The lowest BCUT2D eigenvalue weighted by atomic mass is 9.86. The molecule has 0 aliphatic heterocycles. The van der Waals surface area contributed by atoms with Gasteiger partial charge in [-0.2, -0.15) is 0 Å².